The standard InChI is InChI=1S/C14H21NO4S/c1-19-11-8-10-20-13(11)14(18)15-9-6-4-2-3-5-7-12(16)17/h8,10H,2-7,9H2,1H3,(H,15,18)(H,16,17). The van der Waals surface area contributed by atoms with Crippen molar-refractivity contribution >= 4 is 23.2 Å². The Labute approximate surface area is 123 Å². The maximum absolute atomic E-state index is 11.8. The first-order valence-electron chi connectivity index (χ1n) is 6.76. The topological polar surface area (TPSA) is 75.6 Å². The molecule has 6 heteroatoms. The first kappa shape index (κ1) is 16.5. The number of thiophene rings is 1. The molecule has 0 saturated heterocycles. The van der Waals surface area contributed by atoms with E-state index in [2.05, 4.69) is 5.32 Å². The Balaban J connectivity index is 2.07. The number of carboxylic acid groups (broad SMARTS) is 1. The van der Waals surface area contributed by atoms with E-state index >= 15 is 0 Å². The maximum Gasteiger partial charge on any atom is 0.303 e. The lowest BCUT2D eigenvalue weighted by molar-refractivity contribution is -0.137. The van der Waals surface area contributed by atoms with Gasteiger partial charge in [-0.05, 0) is 24.3 Å². The van der Waals surface area contributed by atoms with Crippen molar-refractivity contribution < 1.29 is 19.4 Å². The largest absolute Gasteiger partial charge is 0.495 e. The van der Waals surface area contributed by atoms with E-state index in [0.717, 1.165) is 32.1 Å². The molecule has 0 radical (unpaired) electrons. The average Bonchev–Trinajstić information content (AvgIpc) is 2.89. The molecule has 0 unspecified atom stereocenters. The third-order valence-electron chi connectivity index (χ3n) is 2.91. The molecule has 1 aromatic heterocycles. The van der Waals surface area contributed by atoms with E-state index in [9.17, 15) is 9.59 Å². The Bertz CT molecular complexity index is 431. The summed E-state index contributed by atoms with van der Waals surface area (Å²) in [7, 11) is 1.55. The van der Waals surface area contributed by atoms with Gasteiger partial charge in [-0.3, -0.25) is 9.59 Å². The SMILES string of the molecule is COc1ccsc1C(=O)NCCCCCCCC(=O)O. The molecule has 0 aliphatic heterocycles. The minimum absolute atomic E-state index is 0.0947. The van der Waals surface area contributed by atoms with Crippen LogP contribution in [0.1, 0.15) is 48.2 Å². The van der Waals surface area contributed by atoms with Crippen LogP contribution >= 0.6 is 11.3 Å². The van der Waals surface area contributed by atoms with Gasteiger partial charge < -0.3 is 15.2 Å². The zero-order chi connectivity index (χ0) is 14.8. The van der Waals surface area contributed by atoms with Gasteiger partial charge in [0.2, 0.25) is 0 Å². The molecule has 0 bridgehead atoms. The van der Waals surface area contributed by atoms with Crippen molar-refractivity contribution in [3.63, 3.8) is 0 Å². The lowest BCUT2D eigenvalue weighted by atomic mass is 10.1. The van der Waals surface area contributed by atoms with Gasteiger partial charge in [0.25, 0.3) is 5.91 Å². The third-order valence-corrected chi connectivity index (χ3v) is 3.80. The summed E-state index contributed by atoms with van der Waals surface area (Å²) in [5.74, 6) is -0.217. The number of methoxy groups -OCH3 is 1. The summed E-state index contributed by atoms with van der Waals surface area (Å²) < 4.78 is 5.10. The number of carbonyl (C=O) groups excluding carboxylic acids is 1. The number of hydrogen-bond acceptors (Lipinski definition) is 4. The smallest absolute Gasteiger partial charge is 0.303 e. The number of unbranched alkanes of at least 4 members (excludes halogenated alkanes) is 4. The van der Waals surface area contributed by atoms with Crippen molar-refractivity contribution in [1.29, 1.82) is 0 Å². The van der Waals surface area contributed by atoms with Gasteiger partial charge in [0.15, 0.2) is 0 Å². The van der Waals surface area contributed by atoms with Crippen molar-refractivity contribution in [2.45, 2.75) is 38.5 Å². The van der Waals surface area contributed by atoms with Crippen LogP contribution in [0.5, 0.6) is 5.75 Å². The first-order valence-corrected chi connectivity index (χ1v) is 7.64. The van der Waals surface area contributed by atoms with Crippen molar-refractivity contribution in [2.75, 3.05) is 13.7 Å². The number of carbonyl (C=O) groups is 2. The zero-order valence-corrected chi connectivity index (χ0v) is 12.5. The van der Waals surface area contributed by atoms with Crippen LogP contribution in [0.2, 0.25) is 0 Å². The molecule has 0 atom stereocenters. The Morgan fingerprint density at radius 2 is 1.95 bits per heavy atom. The van der Waals surface area contributed by atoms with Crippen molar-refractivity contribution in [3.8, 4) is 5.75 Å². The Morgan fingerprint density at radius 3 is 2.65 bits per heavy atom. The molecule has 5 nitrogen and oxygen atoms in total. The van der Waals surface area contributed by atoms with Gasteiger partial charge in [-0.1, -0.05) is 19.3 Å². The fraction of sp³-hybridized carbons (Fsp3) is 0.571. The van der Waals surface area contributed by atoms with Gasteiger partial charge in [0.05, 0.1) is 7.11 Å². The van der Waals surface area contributed by atoms with Gasteiger partial charge in [-0.25, -0.2) is 0 Å². The lowest BCUT2D eigenvalue weighted by Gasteiger charge is -2.05. The molecule has 20 heavy (non-hydrogen) atoms. The quantitative estimate of drug-likeness (QED) is 0.651. The van der Waals surface area contributed by atoms with Gasteiger partial charge in [0.1, 0.15) is 10.6 Å². The Hall–Kier alpha value is -1.56. The monoisotopic (exact) mass is 299 g/mol. The van der Waals surface area contributed by atoms with Crippen LogP contribution in [0.15, 0.2) is 11.4 Å². The van der Waals surface area contributed by atoms with Crippen molar-refractivity contribution in [1.82, 2.24) is 5.32 Å². The molecule has 0 saturated carbocycles. The van der Waals surface area contributed by atoms with Gasteiger partial charge in [-0.15, -0.1) is 11.3 Å². The molecule has 0 aliphatic rings. The molecule has 112 valence electrons. The van der Waals surface area contributed by atoms with Crippen LogP contribution < -0.4 is 10.1 Å². The molecule has 1 amide bonds. The van der Waals surface area contributed by atoms with Gasteiger partial charge in [0, 0.05) is 13.0 Å². The highest BCUT2D eigenvalue weighted by Gasteiger charge is 2.12. The molecular formula is C14H21NO4S. The van der Waals surface area contributed by atoms with Crippen LogP contribution in [0, 0.1) is 0 Å². The average molecular weight is 299 g/mol. The summed E-state index contributed by atoms with van der Waals surface area (Å²) in [4.78, 5) is 22.8. The number of hydrogen-bond donors (Lipinski definition) is 2. The second-order valence-corrected chi connectivity index (χ2v) is 5.40. The first-order chi connectivity index (χ1) is 9.65. The number of aliphatic carboxylic acids is 1. The number of nitrogens with one attached hydrogen (secondary N) is 1. The molecule has 0 spiro atoms. The predicted molar refractivity (Wildman–Crippen MR) is 78.5 cm³/mol. The fourth-order valence-corrected chi connectivity index (χ4v) is 2.61. The zero-order valence-electron chi connectivity index (χ0n) is 11.7. The highest BCUT2D eigenvalue weighted by molar-refractivity contribution is 7.12. The molecule has 0 fully saturated rings. The number of rotatable bonds is 10. The molecule has 2 N–H and O–H groups in total. The van der Waals surface area contributed by atoms with Crippen LogP contribution in [0.25, 0.3) is 0 Å². The fourth-order valence-electron chi connectivity index (χ4n) is 1.84. The molecule has 1 rings (SSSR count). The summed E-state index contributed by atoms with van der Waals surface area (Å²) in [6, 6.07) is 1.78. The summed E-state index contributed by atoms with van der Waals surface area (Å²) >= 11 is 1.37. The predicted octanol–water partition coefficient (Wildman–Crippen LogP) is 2.91. The minimum Gasteiger partial charge on any atom is -0.495 e. The lowest BCUT2D eigenvalue weighted by Crippen LogP contribution is -2.23. The van der Waals surface area contributed by atoms with E-state index in [1.165, 1.54) is 11.3 Å². The van der Waals surface area contributed by atoms with Crippen LogP contribution in [-0.4, -0.2) is 30.6 Å². The van der Waals surface area contributed by atoms with E-state index < -0.39 is 5.97 Å². The Kier molecular flexibility index (Phi) is 7.72. The molecule has 0 aliphatic carbocycles. The molecule has 0 aromatic carbocycles. The summed E-state index contributed by atoms with van der Waals surface area (Å²) in [5, 5.41) is 13.2. The van der Waals surface area contributed by atoms with Crippen LogP contribution in [0.3, 0.4) is 0 Å². The van der Waals surface area contributed by atoms with E-state index in [-0.39, 0.29) is 12.3 Å². The second kappa shape index (κ2) is 9.36. The van der Waals surface area contributed by atoms with Gasteiger partial charge >= 0.3 is 5.97 Å². The van der Waals surface area contributed by atoms with Gasteiger partial charge in [-0.2, -0.15) is 0 Å². The third kappa shape index (κ3) is 6.06. The number of carboxylic acids is 1. The minimum atomic E-state index is -0.734. The number of ether oxygens (including phenoxy) is 1. The van der Waals surface area contributed by atoms with E-state index in [0.29, 0.717) is 17.2 Å². The van der Waals surface area contributed by atoms with E-state index in [1.807, 2.05) is 5.38 Å². The van der Waals surface area contributed by atoms with Crippen LogP contribution in [-0.2, 0) is 4.79 Å². The highest BCUT2D eigenvalue weighted by Crippen LogP contribution is 2.23. The second-order valence-electron chi connectivity index (χ2n) is 4.49. The molecule has 1 heterocycles. The normalized spacial score (nSPS) is 10.2. The molecular weight excluding hydrogens is 278 g/mol. The van der Waals surface area contributed by atoms with Crippen LogP contribution in [0.4, 0.5) is 0 Å². The number of amides is 1. The summed E-state index contributed by atoms with van der Waals surface area (Å²) in [5.41, 5.74) is 0. The Morgan fingerprint density at radius 1 is 1.25 bits per heavy atom. The molecule has 1 aromatic rings. The highest BCUT2D eigenvalue weighted by atomic mass is 32.1. The van der Waals surface area contributed by atoms with Crippen molar-refractivity contribution in [3.05, 3.63) is 16.3 Å². The maximum atomic E-state index is 11.8. The van der Waals surface area contributed by atoms with E-state index in [4.69, 9.17) is 9.84 Å². The van der Waals surface area contributed by atoms with Crippen molar-refractivity contribution in [2.24, 2.45) is 0 Å². The summed E-state index contributed by atoms with van der Waals surface area (Å²) in [6.07, 6.45) is 4.82. The summed E-state index contributed by atoms with van der Waals surface area (Å²) in [6.45, 7) is 0.638. The van der Waals surface area contributed by atoms with E-state index in [1.54, 1.807) is 13.2 Å².